The molecular weight excluding hydrogens is 404 g/mol. The van der Waals surface area contributed by atoms with Crippen LogP contribution in [-0.4, -0.2) is 24.1 Å². The van der Waals surface area contributed by atoms with Crippen molar-refractivity contribution in [2.45, 2.75) is 32.0 Å². The van der Waals surface area contributed by atoms with Crippen LogP contribution in [-0.2, 0) is 0 Å². The Hall–Kier alpha value is -1.72. The molecule has 0 saturated heterocycles. The SMILES string of the molecule is CC[C@@H]1Oc2c(OC)cc(Br)cc2[C@@H]2CC(c3ccc(Cl)cc3)=NN12. The quantitative estimate of drug-likeness (QED) is 0.666. The van der Waals surface area contributed by atoms with Crippen molar-refractivity contribution in [3.05, 3.63) is 57.0 Å². The number of hydrogen-bond donors (Lipinski definition) is 0. The number of methoxy groups -OCH3 is 1. The Morgan fingerprint density at radius 1 is 1.32 bits per heavy atom. The van der Waals surface area contributed by atoms with E-state index in [0.29, 0.717) is 0 Å². The van der Waals surface area contributed by atoms with Gasteiger partial charge in [-0.05, 0) is 29.8 Å². The number of benzene rings is 2. The lowest BCUT2D eigenvalue weighted by atomic mass is 9.96. The van der Waals surface area contributed by atoms with Crippen molar-refractivity contribution < 1.29 is 9.47 Å². The Balaban J connectivity index is 1.76. The van der Waals surface area contributed by atoms with Crippen LogP contribution in [0, 0.1) is 0 Å². The van der Waals surface area contributed by atoms with Gasteiger partial charge in [0.05, 0.1) is 18.9 Å². The molecule has 0 bridgehead atoms. The van der Waals surface area contributed by atoms with E-state index >= 15 is 0 Å². The highest BCUT2D eigenvalue weighted by Gasteiger charge is 2.40. The van der Waals surface area contributed by atoms with E-state index in [1.807, 2.05) is 30.3 Å². The Morgan fingerprint density at radius 3 is 2.76 bits per heavy atom. The summed E-state index contributed by atoms with van der Waals surface area (Å²) in [5, 5.41) is 7.68. The van der Waals surface area contributed by atoms with Crippen LogP contribution in [0.2, 0.25) is 5.02 Å². The summed E-state index contributed by atoms with van der Waals surface area (Å²) in [6.07, 6.45) is 1.57. The maximum Gasteiger partial charge on any atom is 0.187 e. The monoisotopic (exact) mass is 420 g/mol. The van der Waals surface area contributed by atoms with Gasteiger partial charge < -0.3 is 9.47 Å². The van der Waals surface area contributed by atoms with Gasteiger partial charge in [0.15, 0.2) is 17.7 Å². The third-order valence-electron chi connectivity index (χ3n) is 4.65. The number of fused-ring (bicyclic) bond motifs is 3. The second-order valence-electron chi connectivity index (χ2n) is 6.16. The molecule has 0 aliphatic carbocycles. The van der Waals surface area contributed by atoms with Crippen LogP contribution in [0.3, 0.4) is 0 Å². The fourth-order valence-electron chi connectivity index (χ4n) is 3.44. The number of ether oxygens (including phenoxy) is 2. The molecule has 2 aliphatic heterocycles. The standard InChI is InChI=1S/C19H18BrClN2O2/c1-3-18-23-16(10-15(22-23)11-4-6-13(21)7-5-11)14-8-12(20)9-17(24-2)19(14)25-18/h4-9,16,18H,3,10H2,1-2H3/t16-,18-/m0/s1. The summed E-state index contributed by atoms with van der Waals surface area (Å²) < 4.78 is 12.7. The van der Waals surface area contributed by atoms with Gasteiger partial charge >= 0.3 is 0 Å². The van der Waals surface area contributed by atoms with E-state index in [9.17, 15) is 0 Å². The highest BCUT2D eigenvalue weighted by atomic mass is 79.9. The van der Waals surface area contributed by atoms with Gasteiger partial charge in [0.2, 0.25) is 0 Å². The highest BCUT2D eigenvalue weighted by molar-refractivity contribution is 9.10. The van der Waals surface area contributed by atoms with E-state index in [2.05, 4.69) is 33.9 Å². The summed E-state index contributed by atoms with van der Waals surface area (Å²) in [5.41, 5.74) is 3.25. The van der Waals surface area contributed by atoms with Crippen LogP contribution in [0.1, 0.15) is 36.9 Å². The largest absolute Gasteiger partial charge is 0.493 e. The van der Waals surface area contributed by atoms with Crippen molar-refractivity contribution >= 4 is 33.2 Å². The van der Waals surface area contributed by atoms with Gasteiger partial charge in [-0.2, -0.15) is 5.10 Å². The summed E-state index contributed by atoms with van der Waals surface area (Å²) >= 11 is 9.59. The first-order valence-electron chi connectivity index (χ1n) is 8.26. The molecule has 0 radical (unpaired) electrons. The maximum atomic E-state index is 6.23. The lowest BCUT2D eigenvalue weighted by molar-refractivity contribution is -0.0206. The Morgan fingerprint density at radius 2 is 2.08 bits per heavy atom. The average Bonchev–Trinajstić information content (AvgIpc) is 3.06. The molecule has 25 heavy (non-hydrogen) atoms. The first kappa shape index (κ1) is 16.7. The molecule has 2 heterocycles. The zero-order chi connectivity index (χ0) is 17.6. The molecular formula is C19H18BrClN2O2. The predicted molar refractivity (Wildman–Crippen MR) is 103 cm³/mol. The summed E-state index contributed by atoms with van der Waals surface area (Å²) in [5.74, 6) is 1.58. The Kier molecular flexibility index (Phi) is 4.38. The number of halogens is 2. The summed E-state index contributed by atoms with van der Waals surface area (Å²) in [4.78, 5) is 0. The van der Waals surface area contributed by atoms with E-state index in [0.717, 1.165) is 50.7 Å². The zero-order valence-electron chi connectivity index (χ0n) is 14.0. The lowest BCUT2D eigenvalue weighted by Gasteiger charge is -2.38. The summed E-state index contributed by atoms with van der Waals surface area (Å²) in [6.45, 7) is 2.11. The third kappa shape index (κ3) is 2.89. The van der Waals surface area contributed by atoms with Crippen molar-refractivity contribution in [2.24, 2.45) is 5.10 Å². The van der Waals surface area contributed by atoms with Crippen LogP contribution in [0.15, 0.2) is 46.0 Å². The average molecular weight is 422 g/mol. The second-order valence-corrected chi connectivity index (χ2v) is 7.51. The topological polar surface area (TPSA) is 34.1 Å². The molecule has 4 nitrogen and oxygen atoms in total. The van der Waals surface area contributed by atoms with Crippen molar-refractivity contribution in [1.82, 2.24) is 5.01 Å². The minimum atomic E-state index is -0.0997. The van der Waals surface area contributed by atoms with E-state index < -0.39 is 0 Å². The molecule has 0 unspecified atom stereocenters. The van der Waals surface area contributed by atoms with Crippen molar-refractivity contribution in [2.75, 3.05) is 7.11 Å². The number of hydrogen-bond acceptors (Lipinski definition) is 4. The normalized spacial score (nSPS) is 21.3. The molecule has 0 saturated carbocycles. The molecule has 0 fully saturated rings. The van der Waals surface area contributed by atoms with E-state index in [1.54, 1.807) is 7.11 Å². The van der Waals surface area contributed by atoms with E-state index in [4.69, 9.17) is 26.2 Å². The molecule has 2 aliphatic rings. The van der Waals surface area contributed by atoms with Crippen LogP contribution < -0.4 is 9.47 Å². The highest BCUT2D eigenvalue weighted by Crippen LogP contribution is 2.48. The van der Waals surface area contributed by atoms with Crippen molar-refractivity contribution in [3.63, 3.8) is 0 Å². The summed E-state index contributed by atoms with van der Waals surface area (Å²) in [7, 11) is 1.67. The molecule has 0 aromatic heterocycles. The smallest absolute Gasteiger partial charge is 0.187 e. The minimum absolute atomic E-state index is 0.0997. The third-order valence-corrected chi connectivity index (χ3v) is 5.35. The fourth-order valence-corrected chi connectivity index (χ4v) is 4.02. The van der Waals surface area contributed by atoms with E-state index in [1.165, 1.54) is 0 Å². The summed E-state index contributed by atoms with van der Waals surface area (Å²) in [6, 6.07) is 12.0. The van der Waals surface area contributed by atoms with Crippen LogP contribution >= 0.6 is 27.5 Å². The molecule has 6 heteroatoms. The molecule has 2 aromatic rings. The molecule has 0 amide bonds. The Labute approximate surface area is 160 Å². The molecule has 0 spiro atoms. The maximum absolute atomic E-state index is 6.23. The molecule has 2 aromatic carbocycles. The number of rotatable bonds is 3. The van der Waals surface area contributed by atoms with Gasteiger partial charge in [0, 0.05) is 27.9 Å². The Bertz CT molecular complexity index is 838. The van der Waals surface area contributed by atoms with Gasteiger partial charge in [0.25, 0.3) is 0 Å². The first-order valence-corrected chi connectivity index (χ1v) is 9.43. The molecule has 130 valence electrons. The van der Waals surface area contributed by atoms with Crippen LogP contribution in [0.25, 0.3) is 0 Å². The van der Waals surface area contributed by atoms with Crippen LogP contribution in [0.5, 0.6) is 11.5 Å². The van der Waals surface area contributed by atoms with Gasteiger partial charge in [0.1, 0.15) is 0 Å². The van der Waals surface area contributed by atoms with Crippen LogP contribution in [0.4, 0.5) is 0 Å². The van der Waals surface area contributed by atoms with Crippen molar-refractivity contribution in [1.29, 1.82) is 0 Å². The molecule has 0 N–H and O–H groups in total. The zero-order valence-corrected chi connectivity index (χ0v) is 16.3. The minimum Gasteiger partial charge on any atom is -0.493 e. The van der Waals surface area contributed by atoms with Gasteiger partial charge in [-0.25, -0.2) is 0 Å². The number of nitrogens with zero attached hydrogens (tertiary/aromatic N) is 2. The predicted octanol–water partition coefficient (Wildman–Crippen LogP) is 5.39. The fraction of sp³-hybridized carbons (Fsp3) is 0.316. The number of hydrazone groups is 1. The van der Waals surface area contributed by atoms with E-state index in [-0.39, 0.29) is 12.3 Å². The lowest BCUT2D eigenvalue weighted by Crippen LogP contribution is -2.39. The van der Waals surface area contributed by atoms with Gasteiger partial charge in [-0.3, -0.25) is 5.01 Å². The second kappa shape index (κ2) is 6.54. The first-order chi connectivity index (χ1) is 12.1. The molecule has 2 atom stereocenters. The van der Waals surface area contributed by atoms with Gasteiger partial charge in [-0.15, -0.1) is 0 Å². The van der Waals surface area contributed by atoms with Gasteiger partial charge in [-0.1, -0.05) is 46.6 Å². The van der Waals surface area contributed by atoms with Crippen molar-refractivity contribution in [3.8, 4) is 11.5 Å². The molecule has 4 rings (SSSR count).